The zero-order valence-electron chi connectivity index (χ0n) is 75.6. The molecule has 0 unspecified atom stereocenters. The number of imidazole rings is 8. The summed E-state index contributed by atoms with van der Waals surface area (Å²) in [5.41, 5.74) is 36.3. The number of para-hydroxylation sites is 24. The molecule has 0 spiro atoms. The molecule has 0 aliphatic rings. The van der Waals surface area contributed by atoms with Crippen LogP contribution < -0.4 is 0 Å². The number of nitrogens with zero attached hydrogens (tertiary/aromatic N) is 15. The van der Waals surface area contributed by atoms with Gasteiger partial charge < -0.3 is 27.0 Å². The number of fused-ring (bicyclic) bond motifs is 38. The molecule has 0 aliphatic heterocycles. The van der Waals surface area contributed by atoms with Crippen LogP contribution >= 0.6 is 0 Å². The highest BCUT2D eigenvalue weighted by molar-refractivity contribution is 6.20. The molecule has 0 fully saturated rings. The standard InChI is InChI=1S/C49H29N5O.C38H22N6O.C37H22N4O/c1-5-18-37-31(13-1)32-14-2-6-19-38(32)51(37)30-27-28-40-35(29-30)33-15-3-7-20-39(33)52(40)45-25-11-16-34-47-44(24-12-26-46(47)55-48(34)45)54-43-23-10-9-22-42(43)53-41-21-8-4-17-36(41)50-49(53)54;1-3-14-26-24(12-1)39-37-41(26)28-16-5-7-18-30(28)43(37)32-20-10-22-34-35(32)23-11-9-21-33(36(23)45-34)44-31-19-8-6-17-29(31)42-27-15-4-2-13-25(27)40-38(42)44;1-4-15-27-23(11-1)24-12-2-5-16-28(24)39(27)33-21-9-13-25-35-32(20-10-22-34(35)42-36(25)33)41-31-19-8-7-18-30(31)40-29-17-6-3-14-26(29)38-37(40)41/h1-29H;1-22H;1-22H. The Kier molecular flexibility index (Phi) is 15.6. The Morgan fingerprint density at radius 3 is 0.676 bits per heavy atom. The van der Waals surface area contributed by atoms with Gasteiger partial charge in [-0.25, -0.2) is 19.9 Å². The number of aromatic nitrogens is 15. The van der Waals surface area contributed by atoms with Gasteiger partial charge in [0, 0.05) is 54.2 Å². The first kappa shape index (κ1) is 76.6. The van der Waals surface area contributed by atoms with E-state index >= 15 is 0 Å². The normalized spacial score (nSPS) is 12.4. The lowest BCUT2D eigenvalue weighted by Gasteiger charge is -2.11. The third-order valence-corrected chi connectivity index (χ3v) is 29.4. The van der Waals surface area contributed by atoms with E-state index in [0.29, 0.717) is 0 Å². The number of benzene rings is 20. The van der Waals surface area contributed by atoms with Crippen molar-refractivity contribution in [1.29, 1.82) is 0 Å². The van der Waals surface area contributed by atoms with E-state index in [0.717, 1.165) is 239 Å². The predicted octanol–water partition coefficient (Wildman–Crippen LogP) is 31.0. The van der Waals surface area contributed by atoms with Gasteiger partial charge in [-0.3, -0.25) is 35.9 Å². The molecule has 142 heavy (non-hydrogen) atoms. The first-order chi connectivity index (χ1) is 70.5. The average molecular weight is 1820 g/mol. The van der Waals surface area contributed by atoms with Crippen molar-refractivity contribution in [2.75, 3.05) is 0 Å². The minimum absolute atomic E-state index is 0.816. The molecule has 0 amide bonds. The molecule has 0 bridgehead atoms. The number of furan rings is 3. The van der Waals surface area contributed by atoms with Crippen molar-refractivity contribution in [3.8, 4) is 39.8 Å². The summed E-state index contributed by atoms with van der Waals surface area (Å²) in [4.78, 5) is 20.5. The fourth-order valence-electron chi connectivity index (χ4n) is 23.6. The van der Waals surface area contributed by atoms with Crippen LogP contribution in [0.4, 0.5) is 0 Å². The van der Waals surface area contributed by atoms with Crippen LogP contribution in [-0.2, 0) is 0 Å². The summed E-state index contributed by atoms with van der Waals surface area (Å²) in [5, 5.41) is 13.7. The first-order valence-electron chi connectivity index (χ1n) is 47.9. The molecule has 0 atom stereocenters. The van der Waals surface area contributed by atoms with Crippen LogP contribution in [0, 0.1) is 0 Å². The van der Waals surface area contributed by atoms with Gasteiger partial charge in [0.15, 0.2) is 16.7 Å². The van der Waals surface area contributed by atoms with Gasteiger partial charge in [0.25, 0.3) is 0 Å². The van der Waals surface area contributed by atoms with Crippen molar-refractivity contribution >= 4 is 243 Å². The highest BCUT2D eigenvalue weighted by Crippen LogP contribution is 2.48. The quantitative estimate of drug-likeness (QED) is 0.155. The Hall–Kier alpha value is -19.7. The number of rotatable bonds is 7. The molecule has 18 heteroatoms. The lowest BCUT2D eigenvalue weighted by atomic mass is 10.1. The minimum atomic E-state index is 0.816. The Bertz CT molecular complexity index is 11300. The maximum Gasteiger partial charge on any atom is 0.220 e. The lowest BCUT2D eigenvalue weighted by molar-refractivity contribution is 0.665. The maximum absolute atomic E-state index is 6.94. The van der Waals surface area contributed by atoms with E-state index in [1.165, 1.54) is 43.4 Å². The Balaban J connectivity index is 0.0000000968. The van der Waals surface area contributed by atoms with E-state index in [-0.39, 0.29) is 0 Å². The monoisotopic (exact) mass is 1820 g/mol. The molecular weight excluding hydrogens is 1750 g/mol. The van der Waals surface area contributed by atoms with Gasteiger partial charge in [0.05, 0.1) is 172 Å². The van der Waals surface area contributed by atoms with Gasteiger partial charge >= 0.3 is 0 Å². The second-order valence-corrected chi connectivity index (χ2v) is 36.8. The Labute approximate surface area is 802 Å². The molecule has 14 aromatic heterocycles. The summed E-state index contributed by atoms with van der Waals surface area (Å²) in [5.74, 6) is 3.49. The van der Waals surface area contributed by atoms with Gasteiger partial charge in [-0.1, -0.05) is 243 Å². The van der Waals surface area contributed by atoms with Gasteiger partial charge in [-0.05, 0) is 200 Å². The molecule has 662 valence electrons. The predicted molar refractivity (Wildman–Crippen MR) is 577 cm³/mol. The first-order valence-corrected chi connectivity index (χ1v) is 47.9. The molecule has 0 saturated carbocycles. The molecule has 0 N–H and O–H groups in total. The smallest absolute Gasteiger partial charge is 0.220 e. The average Bonchev–Trinajstić information content (AvgIpc) is 1.55. The van der Waals surface area contributed by atoms with Gasteiger partial charge in [0.2, 0.25) is 23.1 Å². The summed E-state index contributed by atoms with van der Waals surface area (Å²) < 4.78 is 45.7. The van der Waals surface area contributed by atoms with E-state index in [1.807, 2.05) is 24.3 Å². The van der Waals surface area contributed by atoms with Crippen LogP contribution in [0.1, 0.15) is 0 Å². The van der Waals surface area contributed by atoms with Crippen molar-refractivity contribution in [2.24, 2.45) is 0 Å². The molecule has 34 aromatic rings. The third-order valence-electron chi connectivity index (χ3n) is 29.4. The Morgan fingerprint density at radius 1 is 0.148 bits per heavy atom. The van der Waals surface area contributed by atoms with Gasteiger partial charge in [-0.2, -0.15) is 0 Å². The minimum Gasteiger partial charge on any atom is -0.454 e. The third kappa shape index (κ3) is 10.5. The van der Waals surface area contributed by atoms with E-state index < -0.39 is 0 Å². The van der Waals surface area contributed by atoms with Crippen molar-refractivity contribution in [2.45, 2.75) is 0 Å². The van der Waals surface area contributed by atoms with E-state index in [4.69, 9.17) is 33.2 Å². The van der Waals surface area contributed by atoms with Crippen LogP contribution in [0.25, 0.3) is 282 Å². The Morgan fingerprint density at radius 2 is 0.366 bits per heavy atom. The highest BCUT2D eigenvalue weighted by atomic mass is 16.3. The second-order valence-electron chi connectivity index (χ2n) is 36.8. The molecule has 0 aliphatic carbocycles. The van der Waals surface area contributed by atoms with Crippen molar-refractivity contribution in [1.82, 2.24) is 69.5 Å². The van der Waals surface area contributed by atoms with Crippen LogP contribution in [0.5, 0.6) is 0 Å². The number of hydrogen-bond acceptors (Lipinski definition) is 7. The molecule has 14 heterocycles. The summed E-state index contributed by atoms with van der Waals surface area (Å²) in [6.45, 7) is 0. The zero-order valence-corrected chi connectivity index (χ0v) is 75.6. The molecule has 18 nitrogen and oxygen atoms in total. The summed E-state index contributed by atoms with van der Waals surface area (Å²) in [6, 6.07) is 156. The van der Waals surface area contributed by atoms with E-state index in [2.05, 4.69) is 468 Å². The van der Waals surface area contributed by atoms with Gasteiger partial charge in [-0.15, -0.1) is 0 Å². The largest absolute Gasteiger partial charge is 0.454 e. The zero-order chi connectivity index (χ0) is 92.4. The SMILES string of the molecule is c1ccc2c(c1)nc1n(-c3cccc4c3oc3cccc(-n5c6ccccc6n6c7ccccc7nc56)c34)c3ccccc3n21.c1ccc2c(c1)nc1n(-c3cccc4oc5c(-n6c7ccccc7c7cc(-n8c9ccccc9c9ccccc98)ccc76)cccc5c34)c3ccccc3n21.c1ccc2c(c1)nc1n(-c3cccc4oc5c(-n6c7ccccc7c7ccccc76)cccc5c34)c3ccccc3n21. The second kappa shape index (κ2) is 28.9. The fraction of sp³-hybridized carbons (Fsp3) is 0. The van der Waals surface area contributed by atoms with Crippen LogP contribution in [0.2, 0.25) is 0 Å². The van der Waals surface area contributed by atoms with Crippen LogP contribution in [0.3, 0.4) is 0 Å². The molecule has 20 aromatic carbocycles. The molecule has 0 radical (unpaired) electrons. The van der Waals surface area contributed by atoms with Crippen molar-refractivity contribution in [3.63, 3.8) is 0 Å². The van der Waals surface area contributed by atoms with Gasteiger partial charge in [0.1, 0.15) is 16.7 Å². The fourth-order valence-corrected chi connectivity index (χ4v) is 23.6. The highest BCUT2D eigenvalue weighted by Gasteiger charge is 2.30. The molecule has 34 rings (SSSR count). The van der Waals surface area contributed by atoms with Crippen molar-refractivity contribution < 1.29 is 13.3 Å². The van der Waals surface area contributed by atoms with E-state index in [9.17, 15) is 0 Å². The summed E-state index contributed by atoms with van der Waals surface area (Å²) in [6.07, 6.45) is 0. The van der Waals surface area contributed by atoms with E-state index in [1.54, 1.807) is 0 Å². The lowest BCUT2D eigenvalue weighted by Crippen LogP contribution is -1.97. The molecular formula is C124H73N15O3. The van der Waals surface area contributed by atoms with Crippen LogP contribution in [0.15, 0.2) is 456 Å². The maximum atomic E-state index is 6.94. The van der Waals surface area contributed by atoms with Crippen LogP contribution in [-0.4, -0.2) is 69.5 Å². The molecule has 0 saturated heterocycles. The topological polar surface area (TPSA) is 143 Å². The van der Waals surface area contributed by atoms with Crippen molar-refractivity contribution in [3.05, 3.63) is 443 Å². The summed E-state index contributed by atoms with van der Waals surface area (Å²) in [7, 11) is 0. The number of hydrogen-bond donors (Lipinski definition) is 0. The summed E-state index contributed by atoms with van der Waals surface area (Å²) >= 11 is 0.